The smallest absolute Gasteiger partial charge is 0.337 e. The van der Waals surface area contributed by atoms with Crippen LogP contribution < -0.4 is 5.32 Å². The van der Waals surface area contributed by atoms with Crippen LogP contribution in [0, 0.1) is 0 Å². The van der Waals surface area contributed by atoms with Crippen LogP contribution in [0.3, 0.4) is 0 Å². The van der Waals surface area contributed by atoms with Crippen LogP contribution in [-0.4, -0.2) is 28.3 Å². The van der Waals surface area contributed by atoms with Gasteiger partial charge in [0.05, 0.1) is 6.54 Å². The summed E-state index contributed by atoms with van der Waals surface area (Å²) in [5.41, 5.74) is 1.28. The molecule has 0 heterocycles. The first-order chi connectivity index (χ1) is 9.99. The zero-order valence-corrected chi connectivity index (χ0v) is 11.9. The van der Waals surface area contributed by atoms with E-state index in [1.54, 1.807) is 0 Å². The Morgan fingerprint density at radius 2 is 1.71 bits per heavy atom. The van der Waals surface area contributed by atoms with E-state index in [2.05, 4.69) is 5.32 Å². The SMILES string of the molecule is CC(O)(CNc1ccccc1Cc1ccccc1)C(=O)O. The van der Waals surface area contributed by atoms with E-state index in [4.69, 9.17) is 5.11 Å². The molecule has 0 aliphatic heterocycles. The van der Waals surface area contributed by atoms with E-state index in [0.717, 1.165) is 17.7 Å². The van der Waals surface area contributed by atoms with Crippen molar-refractivity contribution in [3.05, 3.63) is 65.7 Å². The maximum absolute atomic E-state index is 10.9. The first kappa shape index (κ1) is 15.1. The minimum absolute atomic E-state index is 0.0475. The van der Waals surface area contributed by atoms with Gasteiger partial charge in [0.2, 0.25) is 0 Å². The van der Waals surface area contributed by atoms with Crippen molar-refractivity contribution in [3.8, 4) is 0 Å². The number of aliphatic hydroxyl groups is 1. The lowest BCUT2D eigenvalue weighted by molar-refractivity contribution is -0.155. The summed E-state index contributed by atoms with van der Waals surface area (Å²) in [5.74, 6) is -1.24. The highest BCUT2D eigenvalue weighted by molar-refractivity contribution is 5.77. The molecule has 0 spiro atoms. The molecule has 110 valence electrons. The summed E-state index contributed by atoms with van der Waals surface area (Å²) in [6.45, 7) is 1.23. The molecule has 0 saturated heterocycles. The van der Waals surface area contributed by atoms with Crippen molar-refractivity contribution in [3.63, 3.8) is 0 Å². The molecular weight excluding hydrogens is 266 g/mol. The summed E-state index contributed by atoms with van der Waals surface area (Å²) >= 11 is 0. The molecule has 21 heavy (non-hydrogen) atoms. The van der Waals surface area contributed by atoms with E-state index < -0.39 is 11.6 Å². The Morgan fingerprint density at radius 3 is 2.38 bits per heavy atom. The summed E-state index contributed by atoms with van der Waals surface area (Å²) in [7, 11) is 0. The second-order valence-electron chi connectivity index (χ2n) is 5.25. The Morgan fingerprint density at radius 1 is 1.10 bits per heavy atom. The minimum atomic E-state index is -1.79. The topological polar surface area (TPSA) is 69.6 Å². The largest absolute Gasteiger partial charge is 0.479 e. The number of nitrogens with one attached hydrogen (secondary N) is 1. The summed E-state index contributed by atoms with van der Waals surface area (Å²) in [6, 6.07) is 17.7. The van der Waals surface area contributed by atoms with Crippen LogP contribution in [0.2, 0.25) is 0 Å². The monoisotopic (exact) mass is 285 g/mol. The Hall–Kier alpha value is -2.33. The lowest BCUT2D eigenvalue weighted by Crippen LogP contribution is -2.41. The average molecular weight is 285 g/mol. The standard InChI is InChI=1S/C17H19NO3/c1-17(21,16(19)20)12-18-15-10-6-5-9-14(15)11-13-7-3-2-4-8-13/h2-10,18,21H,11-12H2,1H3,(H,19,20). The molecule has 1 atom stereocenters. The summed E-state index contributed by atoms with van der Waals surface area (Å²) in [4.78, 5) is 10.9. The Labute approximate surface area is 124 Å². The molecule has 2 aromatic carbocycles. The van der Waals surface area contributed by atoms with Crippen molar-refractivity contribution in [1.29, 1.82) is 0 Å². The Bertz CT molecular complexity index is 608. The first-order valence-corrected chi connectivity index (χ1v) is 6.80. The van der Waals surface area contributed by atoms with Gasteiger partial charge in [0.15, 0.2) is 5.60 Å². The van der Waals surface area contributed by atoms with Crippen LogP contribution in [0.5, 0.6) is 0 Å². The van der Waals surface area contributed by atoms with Gasteiger partial charge in [-0.2, -0.15) is 0 Å². The van der Waals surface area contributed by atoms with Gasteiger partial charge in [0.25, 0.3) is 0 Å². The highest BCUT2D eigenvalue weighted by atomic mass is 16.4. The van der Waals surface area contributed by atoms with Crippen LogP contribution in [0.1, 0.15) is 18.1 Å². The fourth-order valence-corrected chi connectivity index (χ4v) is 2.01. The van der Waals surface area contributed by atoms with Gasteiger partial charge >= 0.3 is 5.97 Å². The average Bonchev–Trinajstić information content (AvgIpc) is 2.47. The molecule has 0 bridgehead atoms. The number of carboxylic acid groups (broad SMARTS) is 1. The number of anilines is 1. The molecular formula is C17H19NO3. The first-order valence-electron chi connectivity index (χ1n) is 6.80. The van der Waals surface area contributed by atoms with Gasteiger partial charge in [-0.15, -0.1) is 0 Å². The zero-order chi connectivity index (χ0) is 15.3. The van der Waals surface area contributed by atoms with E-state index >= 15 is 0 Å². The number of hydrogen-bond acceptors (Lipinski definition) is 3. The molecule has 0 aliphatic carbocycles. The molecule has 0 fully saturated rings. The van der Waals surface area contributed by atoms with Crippen molar-refractivity contribution in [2.75, 3.05) is 11.9 Å². The molecule has 4 heteroatoms. The number of carbonyl (C=O) groups is 1. The number of aliphatic carboxylic acids is 1. The lowest BCUT2D eigenvalue weighted by atomic mass is 10.0. The molecule has 0 aromatic heterocycles. The molecule has 0 aliphatic rings. The summed E-state index contributed by atoms with van der Waals surface area (Å²) < 4.78 is 0. The van der Waals surface area contributed by atoms with Gasteiger partial charge in [-0.05, 0) is 30.5 Å². The number of rotatable bonds is 6. The number of para-hydroxylation sites is 1. The quantitative estimate of drug-likeness (QED) is 0.763. The summed E-state index contributed by atoms with van der Waals surface area (Å²) in [6.07, 6.45) is 0.749. The molecule has 4 nitrogen and oxygen atoms in total. The van der Waals surface area contributed by atoms with Crippen molar-refractivity contribution in [2.45, 2.75) is 18.9 Å². The fraction of sp³-hybridized carbons (Fsp3) is 0.235. The number of benzene rings is 2. The third-order valence-corrected chi connectivity index (χ3v) is 3.34. The zero-order valence-electron chi connectivity index (χ0n) is 11.9. The third kappa shape index (κ3) is 4.07. The maximum Gasteiger partial charge on any atom is 0.337 e. The van der Waals surface area contributed by atoms with Gasteiger partial charge in [-0.1, -0.05) is 48.5 Å². The van der Waals surface area contributed by atoms with Gasteiger partial charge < -0.3 is 15.5 Å². The van der Waals surface area contributed by atoms with E-state index in [0.29, 0.717) is 0 Å². The van der Waals surface area contributed by atoms with Crippen LogP contribution in [0.15, 0.2) is 54.6 Å². The molecule has 0 radical (unpaired) electrons. The molecule has 0 saturated carbocycles. The molecule has 3 N–H and O–H groups in total. The number of hydrogen-bond donors (Lipinski definition) is 3. The lowest BCUT2D eigenvalue weighted by Gasteiger charge is -2.20. The van der Waals surface area contributed by atoms with E-state index in [1.807, 2.05) is 54.6 Å². The highest BCUT2D eigenvalue weighted by Crippen LogP contribution is 2.20. The van der Waals surface area contributed by atoms with Gasteiger partial charge in [0, 0.05) is 5.69 Å². The minimum Gasteiger partial charge on any atom is -0.479 e. The Kier molecular flexibility index (Phi) is 4.60. The van der Waals surface area contributed by atoms with Gasteiger partial charge in [-0.3, -0.25) is 0 Å². The highest BCUT2D eigenvalue weighted by Gasteiger charge is 2.29. The predicted octanol–water partition coefficient (Wildman–Crippen LogP) is 2.52. The van der Waals surface area contributed by atoms with Gasteiger partial charge in [-0.25, -0.2) is 4.79 Å². The van der Waals surface area contributed by atoms with Gasteiger partial charge in [0.1, 0.15) is 0 Å². The molecule has 0 amide bonds. The second-order valence-corrected chi connectivity index (χ2v) is 5.25. The van der Waals surface area contributed by atoms with E-state index in [9.17, 15) is 9.90 Å². The maximum atomic E-state index is 10.9. The van der Waals surface area contributed by atoms with E-state index in [1.165, 1.54) is 12.5 Å². The van der Waals surface area contributed by atoms with Crippen molar-refractivity contribution in [1.82, 2.24) is 0 Å². The second kappa shape index (κ2) is 6.41. The van der Waals surface area contributed by atoms with Crippen LogP contribution in [-0.2, 0) is 11.2 Å². The molecule has 2 rings (SSSR count). The Balaban J connectivity index is 2.12. The van der Waals surface area contributed by atoms with Crippen molar-refractivity contribution < 1.29 is 15.0 Å². The normalized spacial score (nSPS) is 13.4. The van der Waals surface area contributed by atoms with Crippen LogP contribution in [0.25, 0.3) is 0 Å². The predicted molar refractivity (Wildman–Crippen MR) is 82.4 cm³/mol. The fourth-order valence-electron chi connectivity index (χ4n) is 2.01. The van der Waals surface area contributed by atoms with Crippen molar-refractivity contribution in [2.24, 2.45) is 0 Å². The molecule has 1 unspecified atom stereocenters. The van der Waals surface area contributed by atoms with E-state index in [-0.39, 0.29) is 6.54 Å². The third-order valence-electron chi connectivity index (χ3n) is 3.34. The van der Waals surface area contributed by atoms with Crippen LogP contribution >= 0.6 is 0 Å². The van der Waals surface area contributed by atoms with Crippen LogP contribution in [0.4, 0.5) is 5.69 Å². The molecule has 2 aromatic rings. The van der Waals surface area contributed by atoms with Crippen molar-refractivity contribution >= 4 is 11.7 Å². The number of carboxylic acids is 1. The summed E-state index contributed by atoms with van der Waals surface area (Å²) in [5, 5.41) is 21.7.